The number of ether oxygens (including phenoxy) is 1. The molecule has 0 fully saturated rings. The number of benzene rings is 1. The Bertz CT molecular complexity index is 626. The highest BCUT2D eigenvalue weighted by molar-refractivity contribution is 7.89. The number of anilines is 1. The van der Waals surface area contributed by atoms with Gasteiger partial charge in [0.05, 0.1) is 12.3 Å². The summed E-state index contributed by atoms with van der Waals surface area (Å²) in [5.74, 6) is -0.398. The molecule has 0 radical (unpaired) electrons. The van der Waals surface area contributed by atoms with Gasteiger partial charge in [-0.3, -0.25) is 4.79 Å². The summed E-state index contributed by atoms with van der Waals surface area (Å²) in [6.45, 7) is 5.57. The van der Waals surface area contributed by atoms with Crippen LogP contribution in [0, 0.1) is 0 Å². The van der Waals surface area contributed by atoms with E-state index in [9.17, 15) is 13.2 Å². The zero-order valence-electron chi connectivity index (χ0n) is 13.1. The average molecular weight is 326 g/mol. The summed E-state index contributed by atoms with van der Waals surface area (Å²) in [6.07, 6.45) is 1.65. The molecule has 1 aromatic carbocycles. The summed E-state index contributed by atoms with van der Waals surface area (Å²) >= 11 is 0. The van der Waals surface area contributed by atoms with Crippen LogP contribution in [-0.4, -0.2) is 45.4 Å². The van der Waals surface area contributed by atoms with Gasteiger partial charge in [0.15, 0.2) is 0 Å². The highest BCUT2D eigenvalue weighted by Crippen LogP contribution is 2.23. The Balaban J connectivity index is 2.91. The molecule has 0 aliphatic rings. The summed E-state index contributed by atoms with van der Waals surface area (Å²) in [6, 6.07) is 6.27. The van der Waals surface area contributed by atoms with Crippen LogP contribution in [0.15, 0.2) is 41.8 Å². The maximum Gasteiger partial charge on any atom is 0.253 e. The number of hydrogen-bond acceptors (Lipinski definition) is 4. The molecule has 0 saturated heterocycles. The second-order valence-electron chi connectivity index (χ2n) is 4.86. The van der Waals surface area contributed by atoms with E-state index >= 15 is 0 Å². The highest BCUT2D eigenvalue weighted by Gasteiger charge is 2.23. The van der Waals surface area contributed by atoms with Crippen molar-refractivity contribution in [3.63, 3.8) is 0 Å². The molecular weight excluding hydrogens is 304 g/mol. The maximum atomic E-state index is 12.2. The largest absolute Gasteiger partial charge is 0.368 e. The lowest BCUT2D eigenvalue weighted by Gasteiger charge is -2.17. The molecule has 0 heterocycles. The predicted octanol–water partition coefficient (Wildman–Crippen LogP) is 1.86. The smallest absolute Gasteiger partial charge is 0.253 e. The van der Waals surface area contributed by atoms with E-state index in [0.29, 0.717) is 13.0 Å². The van der Waals surface area contributed by atoms with Gasteiger partial charge in [0.1, 0.15) is 11.0 Å². The first-order valence-corrected chi connectivity index (χ1v) is 8.29. The van der Waals surface area contributed by atoms with Crippen LogP contribution < -0.4 is 5.32 Å². The van der Waals surface area contributed by atoms with Crippen molar-refractivity contribution in [2.45, 2.75) is 24.3 Å². The topological polar surface area (TPSA) is 75.7 Å². The molecule has 1 aromatic rings. The summed E-state index contributed by atoms with van der Waals surface area (Å²) < 4.78 is 30.9. The minimum Gasteiger partial charge on any atom is -0.368 e. The molecule has 1 N–H and O–H groups in total. The van der Waals surface area contributed by atoms with Crippen molar-refractivity contribution >= 4 is 21.6 Å². The molecule has 1 rings (SSSR count). The molecule has 1 atom stereocenters. The summed E-state index contributed by atoms with van der Waals surface area (Å²) in [4.78, 5) is 12.1. The molecule has 1 amide bonds. The number of para-hydroxylation sites is 1. The number of carbonyl (C=O) groups excluding carboxylic acids is 1. The third-order valence-electron chi connectivity index (χ3n) is 2.96. The lowest BCUT2D eigenvalue weighted by Crippen LogP contribution is -2.30. The lowest BCUT2D eigenvalue weighted by molar-refractivity contribution is -0.126. The van der Waals surface area contributed by atoms with Crippen molar-refractivity contribution in [2.24, 2.45) is 0 Å². The Morgan fingerprint density at radius 3 is 2.64 bits per heavy atom. The Kier molecular flexibility index (Phi) is 6.73. The lowest BCUT2D eigenvalue weighted by atomic mass is 10.3. The molecule has 22 heavy (non-hydrogen) atoms. The fraction of sp³-hybridized carbons (Fsp3) is 0.400. The van der Waals surface area contributed by atoms with Crippen LogP contribution in [0.1, 0.15) is 13.3 Å². The van der Waals surface area contributed by atoms with Crippen molar-refractivity contribution < 1.29 is 17.9 Å². The van der Waals surface area contributed by atoms with Crippen molar-refractivity contribution in [1.29, 1.82) is 0 Å². The first-order chi connectivity index (χ1) is 10.3. The van der Waals surface area contributed by atoms with Gasteiger partial charge in [0.25, 0.3) is 5.91 Å². The van der Waals surface area contributed by atoms with Crippen LogP contribution in [0.5, 0.6) is 0 Å². The minimum atomic E-state index is -3.64. The van der Waals surface area contributed by atoms with Crippen LogP contribution in [0.25, 0.3) is 0 Å². The second kappa shape index (κ2) is 8.07. The number of nitrogens with one attached hydrogen (secondary N) is 1. The minimum absolute atomic E-state index is 0.0478. The van der Waals surface area contributed by atoms with E-state index in [1.54, 1.807) is 31.2 Å². The molecule has 6 nitrogen and oxygen atoms in total. The third kappa shape index (κ3) is 4.66. The van der Waals surface area contributed by atoms with Crippen molar-refractivity contribution in [1.82, 2.24) is 4.31 Å². The summed E-state index contributed by atoms with van der Waals surface area (Å²) in [7, 11) is -0.756. The van der Waals surface area contributed by atoms with Gasteiger partial charge in [-0.05, 0) is 25.5 Å². The first kappa shape index (κ1) is 18.3. The van der Waals surface area contributed by atoms with Gasteiger partial charge in [0.2, 0.25) is 10.0 Å². The molecule has 0 bridgehead atoms. The van der Waals surface area contributed by atoms with Gasteiger partial charge in [-0.1, -0.05) is 18.2 Å². The Hall–Kier alpha value is -1.70. The Labute approximate surface area is 131 Å². The summed E-state index contributed by atoms with van der Waals surface area (Å²) in [5.41, 5.74) is 0.236. The van der Waals surface area contributed by atoms with Gasteiger partial charge in [-0.15, -0.1) is 6.58 Å². The number of sulfonamides is 1. The molecule has 0 aliphatic carbocycles. The molecular formula is C15H22N2O4S. The van der Waals surface area contributed by atoms with Crippen LogP contribution in [-0.2, 0) is 19.6 Å². The second-order valence-corrected chi connectivity index (χ2v) is 6.98. The van der Waals surface area contributed by atoms with Gasteiger partial charge in [-0.2, -0.15) is 0 Å². The first-order valence-electron chi connectivity index (χ1n) is 6.85. The van der Waals surface area contributed by atoms with E-state index < -0.39 is 22.0 Å². The molecule has 0 aliphatic heterocycles. The zero-order chi connectivity index (χ0) is 16.8. The Morgan fingerprint density at radius 2 is 2.05 bits per heavy atom. The van der Waals surface area contributed by atoms with Crippen LogP contribution >= 0.6 is 0 Å². The molecule has 0 saturated carbocycles. The zero-order valence-corrected chi connectivity index (χ0v) is 13.9. The summed E-state index contributed by atoms with van der Waals surface area (Å²) in [5, 5.41) is 2.60. The third-order valence-corrected chi connectivity index (χ3v) is 4.84. The number of amides is 1. The Morgan fingerprint density at radius 1 is 1.41 bits per heavy atom. The predicted molar refractivity (Wildman–Crippen MR) is 86.2 cm³/mol. The number of nitrogens with zero attached hydrogens (tertiary/aromatic N) is 1. The van der Waals surface area contributed by atoms with Crippen LogP contribution in [0.2, 0.25) is 0 Å². The molecule has 1 unspecified atom stereocenters. The van der Waals surface area contributed by atoms with E-state index in [0.717, 1.165) is 4.31 Å². The fourth-order valence-electron chi connectivity index (χ4n) is 1.63. The maximum absolute atomic E-state index is 12.2. The quantitative estimate of drug-likeness (QED) is 0.584. The number of rotatable bonds is 8. The molecule has 7 heteroatoms. The standard InChI is InChI=1S/C15H22N2O4S/c1-5-6-11-21-12(2)15(18)16-13-9-7-8-10-14(13)22(19,20)17(3)4/h5,7-10,12H,1,6,11H2,2-4H3,(H,16,18). The normalized spacial score (nSPS) is 12.9. The number of hydrogen-bond donors (Lipinski definition) is 1. The van der Waals surface area contributed by atoms with E-state index in [2.05, 4.69) is 11.9 Å². The van der Waals surface area contributed by atoms with Crippen LogP contribution in [0.4, 0.5) is 5.69 Å². The van der Waals surface area contributed by atoms with Crippen LogP contribution in [0.3, 0.4) is 0 Å². The van der Waals surface area contributed by atoms with Gasteiger partial charge < -0.3 is 10.1 Å². The van der Waals surface area contributed by atoms with Crippen molar-refractivity contribution in [2.75, 3.05) is 26.0 Å². The van der Waals surface area contributed by atoms with E-state index in [-0.39, 0.29) is 10.6 Å². The highest BCUT2D eigenvalue weighted by atomic mass is 32.2. The van der Waals surface area contributed by atoms with Gasteiger partial charge in [-0.25, -0.2) is 12.7 Å². The molecule has 122 valence electrons. The number of carbonyl (C=O) groups is 1. The van der Waals surface area contributed by atoms with Crippen molar-refractivity contribution in [3.05, 3.63) is 36.9 Å². The van der Waals surface area contributed by atoms with Crippen molar-refractivity contribution in [3.8, 4) is 0 Å². The van der Waals surface area contributed by atoms with E-state index in [1.807, 2.05) is 0 Å². The van der Waals surface area contributed by atoms with E-state index in [4.69, 9.17) is 4.74 Å². The monoisotopic (exact) mass is 326 g/mol. The van der Waals surface area contributed by atoms with Gasteiger partial charge in [0, 0.05) is 14.1 Å². The molecule has 0 spiro atoms. The fourth-order valence-corrected chi connectivity index (χ4v) is 2.67. The van der Waals surface area contributed by atoms with E-state index in [1.165, 1.54) is 20.2 Å². The molecule has 0 aromatic heterocycles. The van der Waals surface area contributed by atoms with Gasteiger partial charge >= 0.3 is 0 Å². The SMILES string of the molecule is C=CCCOC(C)C(=O)Nc1ccccc1S(=O)(=O)N(C)C. The average Bonchev–Trinajstić information content (AvgIpc) is 2.47.